The van der Waals surface area contributed by atoms with Gasteiger partial charge < -0.3 is 9.88 Å². The molecule has 0 fully saturated rings. The number of thiazole rings is 1. The molecule has 0 saturated carbocycles. The maximum Gasteiger partial charge on any atom is 0.236 e. The van der Waals surface area contributed by atoms with E-state index in [1.54, 1.807) is 34.9 Å². The highest BCUT2D eigenvalue weighted by Gasteiger charge is 2.21. The zero-order valence-electron chi connectivity index (χ0n) is 15.3. The van der Waals surface area contributed by atoms with Gasteiger partial charge in [-0.25, -0.2) is 13.4 Å². The summed E-state index contributed by atoms with van der Waals surface area (Å²) in [6, 6.07) is 8.24. The zero-order valence-corrected chi connectivity index (χ0v) is 17.8. The SMILES string of the molecule is CCn1c(CS(=O)(=O)c2ccccc2)nnc1SCC(=O)Nc1nc(C)cs1. The van der Waals surface area contributed by atoms with E-state index in [2.05, 4.69) is 20.5 Å². The van der Waals surface area contributed by atoms with Crippen molar-refractivity contribution in [3.05, 3.63) is 47.2 Å². The Balaban J connectivity index is 1.67. The molecule has 1 N–H and O–H groups in total. The van der Waals surface area contributed by atoms with E-state index in [-0.39, 0.29) is 22.3 Å². The number of aryl methyl sites for hydroxylation is 1. The number of nitrogens with zero attached hydrogens (tertiary/aromatic N) is 4. The Hall–Kier alpha value is -2.24. The van der Waals surface area contributed by atoms with E-state index >= 15 is 0 Å². The van der Waals surface area contributed by atoms with Gasteiger partial charge in [-0.1, -0.05) is 30.0 Å². The molecule has 2 aromatic heterocycles. The molecule has 11 heteroatoms. The summed E-state index contributed by atoms with van der Waals surface area (Å²) in [5, 5.41) is 13.7. The molecule has 2 heterocycles. The second kappa shape index (κ2) is 8.84. The molecule has 0 aliphatic carbocycles. The smallest absolute Gasteiger partial charge is 0.236 e. The summed E-state index contributed by atoms with van der Waals surface area (Å²) in [5.74, 6) is 0.0267. The fourth-order valence-electron chi connectivity index (χ4n) is 2.43. The number of nitrogens with one attached hydrogen (secondary N) is 1. The number of thioether (sulfide) groups is 1. The third kappa shape index (κ3) is 4.97. The van der Waals surface area contributed by atoms with Crippen LogP contribution < -0.4 is 5.32 Å². The first-order chi connectivity index (χ1) is 13.4. The van der Waals surface area contributed by atoms with Crippen LogP contribution in [0.15, 0.2) is 45.8 Å². The van der Waals surface area contributed by atoms with Gasteiger partial charge in [0.25, 0.3) is 0 Å². The van der Waals surface area contributed by atoms with E-state index in [1.807, 2.05) is 19.2 Å². The predicted octanol–water partition coefficient (Wildman–Crippen LogP) is 2.77. The van der Waals surface area contributed by atoms with Gasteiger partial charge in [-0.3, -0.25) is 4.79 Å². The van der Waals surface area contributed by atoms with Gasteiger partial charge in [0.05, 0.1) is 16.3 Å². The summed E-state index contributed by atoms with van der Waals surface area (Å²) >= 11 is 2.57. The Kier molecular flexibility index (Phi) is 6.47. The van der Waals surface area contributed by atoms with E-state index in [4.69, 9.17) is 0 Å². The van der Waals surface area contributed by atoms with Crippen LogP contribution in [0.5, 0.6) is 0 Å². The fourth-order valence-corrected chi connectivity index (χ4v) is 5.25. The van der Waals surface area contributed by atoms with Crippen molar-refractivity contribution in [3.8, 4) is 0 Å². The highest BCUT2D eigenvalue weighted by Crippen LogP contribution is 2.21. The zero-order chi connectivity index (χ0) is 20.1. The van der Waals surface area contributed by atoms with E-state index in [9.17, 15) is 13.2 Å². The number of sulfone groups is 1. The molecule has 3 rings (SSSR count). The minimum atomic E-state index is -3.52. The lowest BCUT2D eigenvalue weighted by Crippen LogP contribution is -2.15. The van der Waals surface area contributed by atoms with Crippen LogP contribution in [0.1, 0.15) is 18.4 Å². The first kappa shape index (κ1) is 20.5. The minimum Gasteiger partial charge on any atom is -0.305 e. The van der Waals surface area contributed by atoms with Crippen molar-refractivity contribution in [1.29, 1.82) is 0 Å². The molecule has 1 aromatic carbocycles. The summed E-state index contributed by atoms with van der Waals surface area (Å²) in [5.41, 5.74) is 0.850. The van der Waals surface area contributed by atoms with Gasteiger partial charge in [-0.2, -0.15) is 0 Å². The van der Waals surface area contributed by atoms with Crippen molar-refractivity contribution < 1.29 is 13.2 Å². The van der Waals surface area contributed by atoms with Gasteiger partial charge in [0.1, 0.15) is 11.6 Å². The third-order valence-electron chi connectivity index (χ3n) is 3.73. The van der Waals surface area contributed by atoms with Gasteiger partial charge in [0, 0.05) is 11.9 Å². The van der Waals surface area contributed by atoms with E-state index in [1.165, 1.54) is 23.1 Å². The fraction of sp³-hybridized carbons (Fsp3) is 0.294. The van der Waals surface area contributed by atoms with Crippen LogP contribution in [0.2, 0.25) is 0 Å². The van der Waals surface area contributed by atoms with Gasteiger partial charge in [-0.05, 0) is 26.0 Å². The Morgan fingerprint density at radius 2 is 2.00 bits per heavy atom. The van der Waals surface area contributed by atoms with Crippen molar-refractivity contribution in [3.63, 3.8) is 0 Å². The average Bonchev–Trinajstić information content (AvgIpc) is 3.25. The Morgan fingerprint density at radius 1 is 1.25 bits per heavy atom. The van der Waals surface area contributed by atoms with Crippen LogP contribution >= 0.6 is 23.1 Å². The molecular weight excluding hydrogens is 418 g/mol. The maximum atomic E-state index is 12.6. The number of carbonyl (C=O) groups is 1. The van der Waals surface area contributed by atoms with Crippen LogP contribution in [0.4, 0.5) is 5.13 Å². The van der Waals surface area contributed by atoms with E-state index < -0.39 is 9.84 Å². The molecule has 8 nitrogen and oxygen atoms in total. The summed E-state index contributed by atoms with van der Waals surface area (Å²) in [6.45, 7) is 4.24. The summed E-state index contributed by atoms with van der Waals surface area (Å²) in [6.07, 6.45) is 0. The number of carbonyl (C=O) groups excluding carboxylic acids is 1. The molecule has 0 aliphatic heterocycles. The summed E-state index contributed by atoms with van der Waals surface area (Å²) < 4.78 is 26.9. The molecule has 3 aromatic rings. The van der Waals surface area contributed by atoms with Gasteiger partial charge in [0.2, 0.25) is 5.91 Å². The molecular formula is C17H19N5O3S3. The maximum absolute atomic E-state index is 12.6. The molecule has 0 bridgehead atoms. The number of benzene rings is 1. The van der Waals surface area contributed by atoms with Crippen molar-refractivity contribution in [2.75, 3.05) is 11.1 Å². The topological polar surface area (TPSA) is 107 Å². The number of hydrogen-bond donors (Lipinski definition) is 1. The van der Waals surface area contributed by atoms with E-state index in [0.717, 1.165) is 5.69 Å². The first-order valence-electron chi connectivity index (χ1n) is 8.43. The van der Waals surface area contributed by atoms with Crippen molar-refractivity contribution in [1.82, 2.24) is 19.7 Å². The standard InChI is InChI=1S/C17H19N5O3S3/c1-3-22-14(11-28(24,25)13-7-5-4-6-8-13)20-21-17(22)27-10-15(23)19-16-18-12(2)9-26-16/h4-9H,3,10-11H2,1-2H3,(H,18,19,23). The Morgan fingerprint density at radius 3 is 2.64 bits per heavy atom. The van der Waals surface area contributed by atoms with Gasteiger partial charge in [-0.15, -0.1) is 21.5 Å². The van der Waals surface area contributed by atoms with E-state index in [0.29, 0.717) is 22.7 Å². The quantitative estimate of drug-likeness (QED) is 0.540. The minimum absolute atomic E-state index is 0.127. The molecule has 0 unspecified atom stereocenters. The summed E-state index contributed by atoms with van der Waals surface area (Å²) in [7, 11) is -3.52. The summed E-state index contributed by atoms with van der Waals surface area (Å²) in [4.78, 5) is 16.5. The van der Waals surface area contributed by atoms with Gasteiger partial charge >= 0.3 is 0 Å². The highest BCUT2D eigenvalue weighted by atomic mass is 32.2. The molecule has 0 spiro atoms. The highest BCUT2D eigenvalue weighted by molar-refractivity contribution is 7.99. The van der Waals surface area contributed by atoms with Crippen LogP contribution in [0, 0.1) is 6.92 Å². The average molecular weight is 438 g/mol. The van der Waals surface area contributed by atoms with Gasteiger partial charge in [0.15, 0.2) is 20.1 Å². The molecule has 1 amide bonds. The van der Waals surface area contributed by atoms with Crippen molar-refractivity contribution in [2.24, 2.45) is 0 Å². The van der Waals surface area contributed by atoms with Crippen LogP contribution in [0.25, 0.3) is 0 Å². The lowest BCUT2D eigenvalue weighted by atomic mass is 10.4. The van der Waals surface area contributed by atoms with Crippen LogP contribution in [-0.2, 0) is 26.9 Å². The van der Waals surface area contributed by atoms with Crippen molar-refractivity contribution >= 4 is 44.0 Å². The monoisotopic (exact) mass is 437 g/mol. The number of hydrogen-bond acceptors (Lipinski definition) is 8. The van der Waals surface area contributed by atoms with Crippen molar-refractivity contribution in [2.45, 2.75) is 36.2 Å². The number of aromatic nitrogens is 4. The number of amides is 1. The largest absolute Gasteiger partial charge is 0.305 e. The second-order valence-electron chi connectivity index (χ2n) is 5.85. The normalized spacial score (nSPS) is 11.5. The molecule has 0 atom stereocenters. The second-order valence-corrected chi connectivity index (χ2v) is 9.64. The molecule has 28 heavy (non-hydrogen) atoms. The van der Waals surface area contributed by atoms with Crippen LogP contribution in [-0.4, -0.2) is 39.8 Å². The molecule has 0 saturated heterocycles. The van der Waals surface area contributed by atoms with Crippen LogP contribution in [0.3, 0.4) is 0 Å². The number of anilines is 1. The number of rotatable bonds is 8. The first-order valence-corrected chi connectivity index (χ1v) is 12.0. The predicted molar refractivity (Wildman–Crippen MR) is 109 cm³/mol. The third-order valence-corrected chi connectivity index (χ3v) is 7.20. The Labute approximate surface area is 171 Å². The molecule has 0 radical (unpaired) electrons. The lowest BCUT2D eigenvalue weighted by Gasteiger charge is -2.08. The molecule has 0 aliphatic rings. The molecule has 148 valence electrons. The lowest BCUT2D eigenvalue weighted by molar-refractivity contribution is -0.113. The Bertz CT molecular complexity index is 1060.